The molecule has 2 heterocycles. The Balaban J connectivity index is 0.00000156. The summed E-state index contributed by atoms with van der Waals surface area (Å²) >= 11 is 0. The van der Waals surface area contributed by atoms with E-state index in [4.69, 9.17) is 4.74 Å². The second-order valence-corrected chi connectivity index (χ2v) is 5.64. The number of amides is 1. The molecule has 25 heavy (non-hydrogen) atoms. The van der Waals surface area contributed by atoms with Crippen molar-refractivity contribution < 1.29 is 9.53 Å². The number of carbonyl (C=O) groups excluding carboxylic acids is 1. The zero-order chi connectivity index (χ0) is 16.1. The molecule has 1 fully saturated rings. The number of nitrogens with one attached hydrogen (secondary N) is 2. The minimum Gasteiger partial charge on any atom is -0.437 e. The molecule has 2 N–H and O–H groups in total. The molecule has 1 saturated heterocycles. The molecule has 1 amide bonds. The second kappa shape index (κ2) is 10.2. The van der Waals surface area contributed by atoms with E-state index >= 15 is 0 Å². The summed E-state index contributed by atoms with van der Waals surface area (Å²) in [5.74, 6) is 0.873. The third-order valence-electron chi connectivity index (χ3n) is 3.94. The topological polar surface area (TPSA) is 76.1 Å². The lowest BCUT2D eigenvalue weighted by molar-refractivity contribution is 0.0919. The van der Waals surface area contributed by atoms with Crippen LogP contribution in [0.3, 0.4) is 0 Å². The SMILES string of the molecule is CC1NCCCC1NC(=O)c1cccc(Oc2cnccn2)c1.Cl.Cl. The fourth-order valence-electron chi connectivity index (χ4n) is 2.65. The summed E-state index contributed by atoms with van der Waals surface area (Å²) in [6.45, 7) is 3.10. The summed E-state index contributed by atoms with van der Waals surface area (Å²) in [5, 5.41) is 6.47. The van der Waals surface area contributed by atoms with Crippen molar-refractivity contribution in [2.75, 3.05) is 6.54 Å². The number of hydrogen-bond acceptors (Lipinski definition) is 5. The van der Waals surface area contributed by atoms with E-state index in [1.165, 1.54) is 6.20 Å². The van der Waals surface area contributed by atoms with Gasteiger partial charge in [0, 0.05) is 30.0 Å². The van der Waals surface area contributed by atoms with E-state index in [1.807, 2.05) is 0 Å². The molecular formula is C17H22Cl2N4O2. The molecule has 0 saturated carbocycles. The first-order chi connectivity index (χ1) is 11.2. The van der Waals surface area contributed by atoms with Crippen molar-refractivity contribution in [1.29, 1.82) is 0 Å². The quantitative estimate of drug-likeness (QED) is 0.846. The Labute approximate surface area is 159 Å². The Bertz CT molecular complexity index is 673. The first-order valence-corrected chi connectivity index (χ1v) is 7.80. The highest BCUT2D eigenvalue weighted by Crippen LogP contribution is 2.20. The fraction of sp³-hybridized carbons (Fsp3) is 0.353. The van der Waals surface area contributed by atoms with Crippen LogP contribution in [0, 0.1) is 0 Å². The van der Waals surface area contributed by atoms with Crippen LogP contribution in [0.4, 0.5) is 0 Å². The molecule has 136 valence electrons. The molecule has 8 heteroatoms. The van der Waals surface area contributed by atoms with Crippen LogP contribution in [0.25, 0.3) is 0 Å². The van der Waals surface area contributed by atoms with E-state index < -0.39 is 0 Å². The molecular weight excluding hydrogens is 363 g/mol. The van der Waals surface area contributed by atoms with Crippen LogP contribution >= 0.6 is 24.8 Å². The van der Waals surface area contributed by atoms with Crippen LogP contribution in [-0.4, -0.2) is 34.5 Å². The maximum atomic E-state index is 12.4. The summed E-state index contributed by atoms with van der Waals surface area (Å²) in [5.41, 5.74) is 0.573. The molecule has 1 aliphatic heterocycles. The number of piperidine rings is 1. The predicted octanol–water partition coefficient (Wildman–Crippen LogP) is 2.98. The monoisotopic (exact) mass is 384 g/mol. The van der Waals surface area contributed by atoms with E-state index in [9.17, 15) is 4.79 Å². The third kappa shape index (κ3) is 5.85. The molecule has 2 unspecified atom stereocenters. The number of nitrogens with zero attached hydrogens (tertiary/aromatic N) is 2. The summed E-state index contributed by atoms with van der Waals surface area (Å²) < 4.78 is 5.61. The van der Waals surface area contributed by atoms with Crippen molar-refractivity contribution >= 4 is 30.7 Å². The van der Waals surface area contributed by atoms with Crippen molar-refractivity contribution in [1.82, 2.24) is 20.6 Å². The average molecular weight is 385 g/mol. The molecule has 1 aromatic carbocycles. The number of carbonyl (C=O) groups is 1. The summed E-state index contributed by atoms with van der Waals surface area (Å²) in [4.78, 5) is 20.4. The van der Waals surface area contributed by atoms with Crippen LogP contribution < -0.4 is 15.4 Å². The predicted molar refractivity (Wildman–Crippen MR) is 101 cm³/mol. The van der Waals surface area contributed by atoms with Crippen molar-refractivity contribution in [2.45, 2.75) is 31.8 Å². The maximum absolute atomic E-state index is 12.4. The molecule has 3 rings (SSSR count). The van der Waals surface area contributed by atoms with Gasteiger partial charge >= 0.3 is 0 Å². The zero-order valence-corrected chi connectivity index (χ0v) is 15.5. The molecule has 6 nitrogen and oxygen atoms in total. The normalized spacial score (nSPS) is 19.1. The Hall–Kier alpha value is -1.89. The highest BCUT2D eigenvalue weighted by molar-refractivity contribution is 5.94. The second-order valence-electron chi connectivity index (χ2n) is 5.64. The smallest absolute Gasteiger partial charge is 0.251 e. The Morgan fingerprint density at radius 3 is 2.88 bits per heavy atom. The van der Waals surface area contributed by atoms with Gasteiger partial charge in [0.05, 0.1) is 6.20 Å². The van der Waals surface area contributed by atoms with E-state index in [1.54, 1.807) is 36.7 Å². The van der Waals surface area contributed by atoms with Crippen molar-refractivity contribution in [2.24, 2.45) is 0 Å². The van der Waals surface area contributed by atoms with Crippen molar-refractivity contribution in [3.8, 4) is 11.6 Å². The molecule has 0 bridgehead atoms. The molecule has 0 aliphatic carbocycles. The summed E-state index contributed by atoms with van der Waals surface area (Å²) in [6.07, 6.45) is 6.74. The zero-order valence-electron chi connectivity index (χ0n) is 13.8. The first-order valence-electron chi connectivity index (χ1n) is 7.80. The lowest BCUT2D eigenvalue weighted by atomic mass is 9.99. The number of ether oxygens (including phenoxy) is 1. The summed E-state index contributed by atoms with van der Waals surface area (Å²) in [6, 6.07) is 7.51. The highest BCUT2D eigenvalue weighted by atomic mass is 35.5. The van der Waals surface area contributed by atoms with Gasteiger partial charge in [-0.3, -0.25) is 9.78 Å². The van der Waals surface area contributed by atoms with Crippen molar-refractivity contribution in [3.63, 3.8) is 0 Å². The van der Waals surface area contributed by atoms with E-state index in [-0.39, 0.29) is 42.8 Å². The van der Waals surface area contributed by atoms with Crippen LogP contribution in [-0.2, 0) is 0 Å². The largest absolute Gasteiger partial charge is 0.437 e. The standard InChI is InChI=1S/C17H20N4O2.2ClH/c1-12-15(6-3-7-19-12)21-17(22)13-4-2-5-14(10-13)23-16-11-18-8-9-20-16;;/h2,4-5,8-12,15,19H,3,6-7H2,1H3,(H,21,22);2*1H. The minimum absolute atomic E-state index is 0. The number of hydrogen-bond donors (Lipinski definition) is 2. The van der Waals surface area contributed by atoms with Gasteiger partial charge < -0.3 is 15.4 Å². The van der Waals surface area contributed by atoms with Crippen molar-refractivity contribution in [3.05, 3.63) is 48.4 Å². The van der Waals surface area contributed by atoms with Gasteiger partial charge in [-0.1, -0.05) is 6.07 Å². The van der Waals surface area contributed by atoms with Gasteiger partial charge in [0.15, 0.2) is 0 Å². The number of rotatable bonds is 4. The molecule has 1 aliphatic rings. The van der Waals surface area contributed by atoms with Gasteiger partial charge in [-0.2, -0.15) is 0 Å². The Morgan fingerprint density at radius 2 is 2.16 bits per heavy atom. The molecule has 1 aromatic heterocycles. The van der Waals surface area contributed by atoms with Crippen LogP contribution in [0.1, 0.15) is 30.1 Å². The van der Waals surface area contributed by atoms with E-state index in [0.29, 0.717) is 17.2 Å². The van der Waals surface area contributed by atoms with Gasteiger partial charge in [-0.15, -0.1) is 24.8 Å². The average Bonchev–Trinajstić information content (AvgIpc) is 2.58. The van der Waals surface area contributed by atoms with Gasteiger partial charge in [0.25, 0.3) is 5.91 Å². The fourth-order valence-corrected chi connectivity index (χ4v) is 2.65. The molecule has 2 atom stereocenters. The maximum Gasteiger partial charge on any atom is 0.251 e. The number of aromatic nitrogens is 2. The first kappa shape index (κ1) is 21.2. The number of benzene rings is 1. The van der Waals surface area contributed by atoms with Crippen LogP contribution in [0.2, 0.25) is 0 Å². The van der Waals surface area contributed by atoms with Crippen LogP contribution in [0.15, 0.2) is 42.9 Å². The van der Waals surface area contributed by atoms with Gasteiger partial charge in [-0.25, -0.2) is 4.98 Å². The van der Waals surface area contributed by atoms with E-state index in [0.717, 1.165) is 19.4 Å². The Morgan fingerprint density at radius 1 is 1.32 bits per heavy atom. The Kier molecular flexibility index (Phi) is 8.61. The lowest BCUT2D eigenvalue weighted by Crippen LogP contribution is -2.51. The molecule has 0 spiro atoms. The highest BCUT2D eigenvalue weighted by Gasteiger charge is 2.22. The van der Waals surface area contributed by atoms with Gasteiger partial charge in [-0.05, 0) is 44.5 Å². The van der Waals surface area contributed by atoms with Crippen LogP contribution in [0.5, 0.6) is 11.6 Å². The molecule has 2 aromatic rings. The molecule has 0 radical (unpaired) electrons. The minimum atomic E-state index is -0.0878. The third-order valence-corrected chi connectivity index (χ3v) is 3.94. The van der Waals surface area contributed by atoms with Gasteiger partial charge in [0.1, 0.15) is 5.75 Å². The summed E-state index contributed by atoms with van der Waals surface area (Å²) in [7, 11) is 0. The van der Waals surface area contributed by atoms with E-state index in [2.05, 4.69) is 27.5 Å². The van der Waals surface area contributed by atoms with Gasteiger partial charge in [0.2, 0.25) is 5.88 Å². The lowest BCUT2D eigenvalue weighted by Gasteiger charge is -2.30. The number of halogens is 2.